The van der Waals surface area contributed by atoms with E-state index in [1.807, 2.05) is 23.9 Å². The predicted molar refractivity (Wildman–Crippen MR) is 74.1 cm³/mol. The van der Waals surface area contributed by atoms with Gasteiger partial charge in [0.15, 0.2) is 0 Å². The molecule has 0 heterocycles. The second-order valence-corrected chi connectivity index (χ2v) is 6.57. The summed E-state index contributed by atoms with van der Waals surface area (Å²) in [7, 11) is 0. The zero-order valence-corrected chi connectivity index (χ0v) is 11.6. The zero-order valence-electron chi connectivity index (χ0n) is 9.99. The van der Waals surface area contributed by atoms with Crippen LogP contribution in [-0.2, 0) is 0 Å². The van der Waals surface area contributed by atoms with Gasteiger partial charge < -0.3 is 0 Å². The molecule has 2 rings (SSSR count). The Bertz CT molecular complexity index is 405. The molecule has 17 heavy (non-hydrogen) atoms. The van der Waals surface area contributed by atoms with E-state index in [0.717, 1.165) is 17.1 Å². The molecular formula is C14H17ClOS. The molecule has 0 radical (unpaired) electrons. The van der Waals surface area contributed by atoms with Gasteiger partial charge in [0.05, 0.1) is 5.02 Å². The van der Waals surface area contributed by atoms with Gasteiger partial charge in [0.25, 0.3) is 0 Å². The third-order valence-electron chi connectivity index (χ3n) is 3.27. The Morgan fingerprint density at radius 3 is 2.88 bits per heavy atom. The first-order chi connectivity index (χ1) is 8.19. The number of hydrogen-bond donors (Lipinski definition) is 0. The van der Waals surface area contributed by atoms with E-state index in [2.05, 4.69) is 6.92 Å². The maximum Gasteiger partial charge on any atom is 0.150 e. The monoisotopic (exact) mass is 268 g/mol. The van der Waals surface area contributed by atoms with E-state index in [1.54, 1.807) is 6.07 Å². The first-order valence-corrected chi connectivity index (χ1v) is 7.36. The van der Waals surface area contributed by atoms with Gasteiger partial charge in [-0.2, -0.15) is 0 Å². The van der Waals surface area contributed by atoms with Crippen LogP contribution >= 0.6 is 23.4 Å². The second-order valence-electron chi connectivity index (χ2n) is 4.82. The van der Waals surface area contributed by atoms with Gasteiger partial charge in [-0.3, -0.25) is 4.79 Å². The van der Waals surface area contributed by atoms with Crippen molar-refractivity contribution in [1.82, 2.24) is 0 Å². The summed E-state index contributed by atoms with van der Waals surface area (Å²) < 4.78 is 0. The molecule has 1 nitrogen and oxygen atoms in total. The molecule has 0 bridgehead atoms. The highest BCUT2D eigenvalue weighted by molar-refractivity contribution is 8.00. The summed E-state index contributed by atoms with van der Waals surface area (Å²) in [5, 5.41) is 1.39. The number of rotatable bonds is 3. The number of thioether (sulfide) groups is 1. The molecule has 0 saturated heterocycles. The quantitative estimate of drug-likeness (QED) is 0.731. The van der Waals surface area contributed by atoms with Crippen LogP contribution in [0.15, 0.2) is 23.1 Å². The van der Waals surface area contributed by atoms with Crippen LogP contribution in [0.5, 0.6) is 0 Å². The van der Waals surface area contributed by atoms with Gasteiger partial charge in [-0.25, -0.2) is 0 Å². The average molecular weight is 269 g/mol. The number of halogens is 1. The van der Waals surface area contributed by atoms with Crippen LogP contribution < -0.4 is 0 Å². The molecule has 0 N–H and O–H groups in total. The minimum absolute atomic E-state index is 0.649. The van der Waals surface area contributed by atoms with Gasteiger partial charge in [0, 0.05) is 15.7 Å². The lowest BCUT2D eigenvalue weighted by atomic mass is 9.91. The molecule has 1 aliphatic carbocycles. The number of carbonyl (C=O) groups excluding carboxylic acids is 1. The summed E-state index contributed by atoms with van der Waals surface area (Å²) in [6.07, 6.45) is 6.07. The molecule has 2 unspecified atom stereocenters. The molecule has 1 fully saturated rings. The van der Waals surface area contributed by atoms with Crippen molar-refractivity contribution < 1.29 is 4.79 Å². The van der Waals surface area contributed by atoms with Gasteiger partial charge in [0.1, 0.15) is 6.29 Å². The van der Waals surface area contributed by atoms with Gasteiger partial charge in [-0.1, -0.05) is 37.4 Å². The Labute approximate surface area is 112 Å². The molecule has 1 aliphatic rings. The van der Waals surface area contributed by atoms with E-state index in [9.17, 15) is 4.79 Å². The standard InChI is InChI=1S/C14H17ClOS/c1-10-3-2-4-12(7-10)17-14-6-5-11(9-16)8-13(14)15/h5-6,8-10,12H,2-4,7H2,1H3. The van der Waals surface area contributed by atoms with Gasteiger partial charge in [0.2, 0.25) is 0 Å². The Balaban J connectivity index is 2.05. The van der Waals surface area contributed by atoms with Crippen molar-refractivity contribution in [1.29, 1.82) is 0 Å². The normalized spacial score (nSPS) is 24.6. The first kappa shape index (κ1) is 13.0. The summed E-state index contributed by atoms with van der Waals surface area (Å²) in [6, 6.07) is 5.56. The lowest BCUT2D eigenvalue weighted by Crippen LogP contribution is -2.14. The van der Waals surface area contributed by atoms with Crippen LogP contribution in [0.4, 0.5) is 0 Å². The van der Waals surface area contributed by atoms with E-state index in [4.69, 9.17) is 11.6 Å². The van der Waals surface area contributed by atoms with Crippen molar-refractivity contribution in [2.45, 2.75) is 42.8 Å². The average Bonchev–Trinajstić information content (AvgIpc) is 2.32. The number of benzene rings is 1. The molecule has 3 heteroatoms. The largest absolute Gasteiger partial charge is 0.298 e. The molecule has 1 aromatic rings. The summed E-state index contributed by atoms with van der Waals surface area (Å²) >= 11 is 8.05. The summed E-state index contributed by atoms with van der Waals surface area (Å²) in [5.74, 6) is 0.828. The molecule has 0 aromatic heterocycles. The third-order valence-corrected chi connectivity index (χ3v) is 5.07. The van der Waals surface area contributed by atoms with E-state index >= 15 is 0 Å². The van der Waals surface area contributed by atoms with E-state index in [0.29, 0.717) is 15.8 Å². The van der Waals surface area contributed by atoms with E-state index in [1.165, 1.54) is 25.7 Å². The molecule has 0 spiro atoms. The fourth-order valence-corrected chi connectivity index (χ4v) is 4.06. The number of aldehydes is 1. The highest BCUT2D eigenvalue weighted by Gasteiger charge is 2.20. The number of hydrogen-bond acceptors (Lipinski definition) is 2. The van der Waals surface area contributed by atoms with Crippen LogP contribution in [0.3, 0.4) is 0 Å². The molecule has 1 saturated carbocycles. The Hall–Kier alpha value is -0.470. The topological polar surface area (TPSA) is 17.1 Å². The molecule has 2 atom stereocenters. The Morgan fingerprint density at radius 2 is 2.24 bits per heavy atom. The van der Waals surface area contributed by atoms with Gasteiger partial charge in [-0.15, -0.1) is 11.8 Å². The van der Waals surface area contributed by atoms with Crippen molar-refractivity contribution in [2.75, 3.05) is 0 Å². The fraction of sp³-hybridized carbons (Fsp3) is 0.500. The maximum atomic E-state index is 10.6. The minimum Gasteiger partial charge on any atom is -0.298 e. The van der Waals surface area contributed by atoms with Crippen LogP contribution in [0.1, 0.15) is 43.0 Å². The molecule has 0 amide bonds. The van der Waals surface area contributed by atoms with Crippen LogP contribution in [0, 0.1) is 5.92 Å². The van der Waals surface area contributed by atoms with Crippen LogP contribution in [0.25, 0.3) is 0 Å². The minimum atomic E-state index is 0.649. The summed E-state index contributed by atoms with van der Waals surface area (Å²) in [6.45, 7) is 2.32. The molecule has 92 valence electrons. The van der Waals surface area contributed by atoms with Crippen molar-refractivity contribution in [3.05, 3.63) is 28.8 Å². The van der Waals surface area contributed by atoms with Crippen molar-refractivity contribution in [2.24, 2.45) is 5.92 Å². The van der Waals surface area contributed by atoms with Gasteiger partial charge >= 0.3 is 0 Å². The Morgan fingerprint density at radius 1 is 1.41 bits per heavy atom. The maximum absolute atomic E-state index is 10.6. The van der Waals surface area contributed by atoms with Crippen molar-refractivity contribution in [3.63, 3.8) is 0 Å². The smallest absolute Gasteiger partial charge is 0.150 e. The lowest BCUT2D eigenvalue weighted by Gasteiger charge is -2.26. The highest BCUT2D eigenvalue weighted by Crippen LogP contribution is 2.38. The SMILES string of the molecule is CC1CCCC(Sc2ccc(C=O)cc2Cl)C1. The predicted octanol–water partition coefficient (Wildman–Crippen LogP) is 4.82. The third kappa shape index (κ3) is 3.49. The summed E-state index contributed by atoms with van der Waals surface area (Å²) in [4.78, 5) is 11.7. The number of carbonyl (C=O) groups is 1. The van der Waals surface area contributed by atoms with Crippen LogP contribution in [0.2, 0.25) is 5.02 Å². The molecular weight excluding hydrogens is 252 g/mol. The van der Waals surface area contributed by atoms with E-state index in [-0.39, 0.29) is 0 Å². The molecule has 0 aliphatic heterocycles. The van der Waals surface area contributed by atoms with Crippen LogP contribution in [-0.4, -0.2) is 11.5 Å². The lowest BCUT2D eigenvalue weighted by molar-refractivity contribution is 0.112. The van der Waals surface area contributed by atoms with Crippen molar-refractivity contribution in [3.8, 4) is 0 Å². The summed E-state index contributed by atoms with van der Waals surface area (Å²) in [5.41, 5.74) is 0.649. The van der Waals surface area contributed by atoms with E-state index < -0.39 is 0 Å². The van der Waals surface area contributed by atoms with Gasteiger partial charge in [-0.05, 0) is 30.9 Å². The first-order valence-electron chi connectivity index (χ1n) is 6.10. The highest BCUT2D eigenvalue weighted by atomic mass is 35.5. The fourth-order valence-electron chi connectivity index (χ4n) is 2.35. The molecule has 1 aromatic carbocycles. The zero-order chi connectivity index (χ0) is 12.3. The Kier molecular flexibility index (Phi) is 4.52. The second kappa shape index (κ2) is 5.92. The van der Waals surface area contributed by atoms with Crippen molar-refractivity contribution >= 4 is 29.6 Å².